The second-order valence-corrected chi connectivity index (χ2v) is 5.99. The van der Waals surface area contributed by atoms with E-state index in [4.69, 9.17) is 0 Å². The normalized spacial score (nSPS) is 23.9. The monoisotopic (exact) mass is 267 g/mol. The molecule has 0 aliphatic carbocycles. The van der Waals surface area contributed by atoms with Crippen molar-refractivity contribution in [3.8, 4) is 0 Å². The van der Waals surface area contributed by atoms with Gasteiger partial charge in [0, 0.05) is 19.6 Å². The van der Waals surface area contributed by atoms with Gasteiger partial charge < -0.3 is 10.6 Å². The lowest BCUT2D eigenvalue weighted by molar-refractivity contribution is 0.0943. The van der Waals surface area contributed by atoms with E-state index in [2.05, 4.69) is 20.9 Å². The summed E-state index contributed by atoms with van der Waals surface area (Å²) in [6.07, 6.45) is 2.94. The van der Waals surface area contributed by atoms with Gasteiger partial charge in [-0.05, 0) is 23.8 Å². The molecule has 1 aromatic heterocycles. The number of carbonyl (C=O) groups is 1. The molecule has 98 valence electrons. The first-order chi connectivity index (χ1) is 8.83. The molecule has 3 rings (SSSR count). The van der Waals surface area contributed by atoms with Gasteiger partial charge in [0.25, 0.3) is 5.91 Å². The molecule has 18 heavy (non-hydrogen) atoms. The van der Waals surface area contributed by atoms with Crippen LogP contribution in [0.4, 0.5) is 0 Å². The first kappa shape index (κ1) is 12.0. The van der Waals surface area contributed by atoms with Gasteiger partial charge in [0.1, 0.15) is 0 Å². The Kier molecular flexibility index (Phi) is 3.51. The van der Waals surface area contributed by atoms with Gasteiger partial charge in [-0.3, -0.25) is 4.79 Å². The second kappa shape index (κ2) is 5.27. The first-order valence-corrected chi connectivity index (χ1v) is 7.47. The number of carbonyl (C=O) groups excluding carboxylic acids is 1. The molecule has 1 aromatic rings. The van der Waals surface area contributed by atoms with Crippen molar-refractivity contribution in [1.82, 2.24) is 25.6 Å². The van der Waals surface area contributed by atoms with Gasteiger partial charge >= 0.3 is 0 Å². The second-order valence-electron chi connectivity index (χ2n) is 4.84. The van der Waals surface area contributed by atoms with Crippen molar-refractivity contribution in [3.63, 3.8) is 0 Å². The van der Waals surface area contributed by atoms with E-state index < -0.39 is 0 Å². The zero-order valence-electron chi connectivity index (χ0n) is 10.1. The van der Waals surface area contributed by atoms with Crippen molar-refractivity contribution >= 4 is 17.7 Å². The highest BCUT2D eigenvalue weighted by Crippen LogP contribution is 2.22. The van der Waals surface area contributed by atoms with Crippen molar-refractivity contribution in [2.24, 2.45) is 5.92 Å². The summed E-state index contributed by atoms with van der Waals surface area (Å²) >= 11 is 1.96. The molecule has 0 bridgehead atoms. The molecule has 2 fully saturated rings. The molecule has 3 heterocycles. The topological polar surface area (TPSA) is 71.8 Å². The van der Waals surface area contributed by atoms with E-state index in [0.717, 1.165) is 25.4 Å². The summed E-state index contributed by atoms with van der Waals surface area (Å²) in [6.45, 7) is 2.57. The van der Waals surface area contributed by atoms with E-state index in [-0.39, 0.29) is 5.91 Å². The van der Waals surface area contributed by atoms with Gasteiger partial charge in [0.2, 0.25) is 0 Å². The Bertz CT molecular complexity index is 425. The number of thioether (sulfide) groups is 1. The summed E-state index contributed by atoms with van der Waals surface area (Å²) in [6, 6.07) is 0.352. The molecule has 6 nitrogen and oxygen atoms in total. The van der Waals surface area contributed by atoms with E-state index in [1.54, 1.807) is 10.9 Å². The molecule has 0 spiro atoms. The van der Waals surface area contributed by atoms with E-state index in [1.807, 2.05) is 11.8 Å². The average Bonchev–Trinajstić information content (AvgIpc) is 2.94. The number of hydrogen-bond donors (Lipinski definition) is 2. The Morgan fingerprint density at radius 3 is 3.17 bits per heavy atom. The van der Waals surface area contributed by atoms with Crippen molar-refractivity contribution in [2.45, 2.75) is 12.5 Å². The number of hydrogen-bond acceptors (Lipinski definition) is 5. The molecule has 1 amide bonds. The van der Waals surface area contributed by atoms with Gasteiger partial charge in [-0.2, -0.15) is 11.8 Å². The molecule has 0 aromatic carbocycles. The largest absolute Gasteiger partial charge is 0.350 e. The SMILES string of the molecule is O=C(NCC1CCSC1)c1cn(C2CNC2)nn1. The Hall–Kier alpha value is -1.08. The standard InChI is InChI=1S/C11H17N5OS/c17-11(13-3-8-1-2-18-7-8)10-6-16(15-14-10)9-4-12-5-9/h6,8-9,12H,1-5,7H2,(H,13,17). The van der Waals surface area contributed by atoms with Gasteiger partial charge in [0.05, 0.1) is 12.2 Å². The molecular formula is C11H17N5OS. The molecular weight excluding hydrogens is 250 g/mol. The van der Waals surface area contributed by atoms with Crippen LogP contribution in [-0.2, 0) is 0 Å². The maximum Gasteiger partial charge on any atom is 0.273 e. The number of nitrogens with zero attached hydrogens (tertiary/aromatic N) is 3. The summed E-state index contributed by atoms with van der Waals surface area (Å²) in [5, 5.41) is 14.0. The van der Waals surface area contributed by atoms with Crippen LogP contribution >= 0.6 is 11.8 Å². The number of aromatic nitrogens is 3. The summed E-state index contributed by atoms with van der Waals surface area (Å²) in [5.41, 5.74) is 0.424. The Morgan fingerprint density at radius 1 is 1.61 bits per heavy atom. The minimum atomic E-state index is -0.106. The van der Waals surface area contributed by atoms with Crippen molar-refractivity contribution < 1.29 is 4.79 Å². The molecule has 2 saturated heterocycles. The van der Waals surface area contributed by atoms with Gasteiger partial charge in [0.15, 0.2) is 5.69 Å². The van der Waals surface area contributed by atoms with Crippen LogP contribution in [0.2, 0.25) is 0 Å². The molecule has 2 N–H and O–H groups in total. The highest BCUT2D eigenvalue weighted by atomic mass is 32.2. The third-order valence-electron chi connectivity index (χ3n) is 3.45. The Balaban J connectivity index is 1.52. The summed E-state index contributed by atoms with van der Waals surface area (Å²) in [5.74, 6) is 2.88. The molecule has 2 aliphatic rings. The zero-order chi connectivity index (χ0) is 12.4. The fourth-order valence-corrected chi connectivity index (χ4v) is 3.38. The van der Waals surface area contributed by atoms with Gasteiger partial charge in [-0.1, -0.05) is 5.21 Å². The summed E-state index contributed by atoms with van der Waals surface area (Å²) < 4.78 is 1.77. The highest BCUT2D eigenvalue weighted by molar-refractivity contribution is 7.99. The third-order valence-corrected chi connectivity index (χ3v) is 4.68. The molecule has 0 radical (unpaired) electrons. The molecule has 1 atom stereocenters. The van der Waals surface area contributed by atoms with Gasteiger partial charge in [-0.15, -0.1) is 5.10 Å². The maximum absolute atomic E-state index is 11.9. The minimum Gasteiger partial charge on any atom is -0.350 e. The van der Waals surface area contributed by atoms with Crippen LogP contribution in [0.3, 0.4) is 0 Å². The van der Waals surface area contributed by atoms with Crippen LogP contribution in [-0.4, -0.2) is 52.0 Å². The lowest BCUT2D eigenvalue weighted by Gasteiger charge is -2.26. The Labute approximate surface area is 110 Å². The fourth-order valence-electron chi connectivity index (χ4n) is 2.09. The summed E-state index contributed by atoms with van der Waals surface area (Å²) in [7, 11) is 0. The van der Waals surface area contributed by atoms with Crippen LogP contribution in [0.5, 0.6) is 0 Å². The highest BCUT2D eigenvalue weighted by Gasteiger charge is 2.22. The quantitative estimate of drug-likeness (QED) is 0.797. The predicted octanol–water partition coefficient (Wildman–Crippen LogP) is -0.0947. The van der Waals surface area contributed by atoms with Crippen molar-refractivity contribution in [2.75, 3.05) is 31.1 Å². The number of rotatable bonds is 4. The lowest BCUT2D eigenvalue weighted by Crippen LogP contribution is -2.43. The maximum atomic E-state index is 11.9. The Morgan fingerprint density at radius 2 is 2.50 bits per heavy atom. The molecule has 2 aliphatic heterocycles. The lowest BCUT2D eigenvalue weighted by atomic mass is 10.1. The number of amides is 1. The van der Waals surface area contributed by atoms with Crippen molar-refractivity contribution in [1.29, 1.82) is 0 Å². The van der Waals surface area contributed by atoms with E-state index >= 15 is 0 Å². The van der Waals surface area contributed by atoms with Crippen LogP contribution in [0.15, 0.2) is 6.20 Å². The van der Waals surface area contributed by atoms with Crippen molar-refractivity contribution in [3.05, 3.63) is 11.9 Å². The first-order valence-electron chi connectivity index (χ1n) is 6.31. The van der Waals surface area contributed by atoms with E-state index in [9.17, 15) is 4.79 Å². The fraction of sp³-hybridized carbons (Fsp3) is 0.727. The van der Waals surface area contributed by atoms with Gasteiger partial charge in [-0.25, -0.2) is 4.68 Å². The predicted molar refractivity (Wildman–Crippen MR) is 69.7 cm³/mol. The van der Waals surface area contributed by atoms with Crippen LogP contribution in [0.25, 0.3) is 0 Å². The molecule has 0 saturated carbocycles. The number of nitrogens with one attached hydrogen (secondary N) is 2. The van der Waals surface area contributed by atoms with Crippen LogP contribution in [0.1, 0.15) is 23.0 Å². The van der Waals surface area contributed by atoms with E-state index in [1.165, 1.54) is 12.2 Å². The zero-order valence-corrected chi connectivity index (χ0v) is 10.9. The third kappa shape index (κ3) is 2.51. The molecule has 1 unspecified atom stereocenters. The minimum absolute atomic E-state index is 0.106. The van der Waals surface area contributed by atoms with E-state index in [0.29, 0.717) is 17.7 Å². The smallest absolute Gasteiger partial charge is 0.273 e. The summed E-state index contributed by atoms with van der Waals surface area (Å²) in [4.78, 5) is 11.9. The van der Waals surface area contributed by atoms with Crippen LogP contribution in [0, 0.1) is 5.92 Å². The van der Waals surface area contributed by atoms with Crippen LogP contribution < -0.4 is 10.6 Å². The average molecular weight is 267 g/mol. The molecule has 7 heteroatoms.